The molecule has 23 heavy (non-hydrogen) atoms. The number of allylic oxidation sites excluding steroid dienone is 1. The molecule has 6 heteroatoms. The van der Waals surface area contributed by atoms with Crippen molar-refractivity contribution >= 4 is 5.97 Å². The molecule has 0 fully saturated rings. The summed E-state index contributed by atoms with van der Waals surface area (Å²) in [7, 11) is 0. The Morgan fingerprint density at radius 3 is 2.17 bits per heavy atom. The highest BCUT2D eigenvalue weighted by Crippen LogP contribution is 2.29. The van der Waals surface area contributed by atoms with Crippen molar-refractivity contribution in [3.63, 3.8) is 0 Å². The smallest absolute Gasteiger partial charge is 0.319 e. The molecule has 1 atom stereocenters. The molecule has 0 saturated carbocycles. The van der Waals surface area contributed by atoms with Crippen LogP contribution in [0.5, 0.6) is 5.75 Å². The summed E-state index contributed by atoms with van der Waals surface area (Å²) in [6.07, 6.45) is 1.56. The molecular weight excluding hydrogens is 312 g/mol. The SMILES string of the molecule is C=CC[C@@H](C(=O)Oc1c(F)c(F)cc(F)c1F)c1ccccc1. The highest BCUT2D eigenvalue weighted by atomic mass is 19.2. The second-order valence-corrected chi connectivity index (χ2v) is 4.71. The average molecular weight is 324 g/mol. The molecule has 120 valence electrons. The van der Waals surface area contributed by atoms with Gasteiger partial charge in [-0.25, -0.2) is 8.78 Å². The lowest BCUT2D eigenvalue weighted by molar-refractivity contribution is -0.136. The van der Waals surface area contributed by atoms with Gasteiger partial charge in [-0.1, -0.05) is 36.4 Å². The molecule has 0 bridgehead atoms. The third kappa shape index (κ3) is 3.59. The van der Waals surface area contributed by atoms with Crippen LogP contribution in [0.2, 0.25) is 0 Å². The lowest BCUT2D eigenvalue weighted by atomic mass is 9.96. The van der Waals surface area contributed by atoms with E-state index in [-0.39, 0.29) is 12.5 Å². The monoisotopic (exact) mass is 324 g/mol. The van der Waals surface area contributed by atoms with E-state index >= 15 is 0 Å². The first kappa shape index (κ1) is 16.7. The first-order chi connectivity index (χ1) is 11.0. The topological polar surface area (TPSA) is 26.3 Å². The standard InChI is InChI=1S/C17H12F4O2/c1-2-6-11(10-7-4-3-5-8-10)17(22)23-16-14(20)12(18)9-13(19)15(16)21/h2-5,7-9,11H,1,6H2/t11-/m1/s1. The van der Waals surface area contributed by atoms with Crippen LogP contribution in [0.4, 0.5) is 17.6 Å². The van der Waals surface area contributed by atoms with E-state index < -0.39 is 40.9 Å². The Morgan fingerprint density at radius 2 is 1.65 bits per heavy atom. The predicted octanol–water partition coefficient (Wildman–Crippen LogP) is 4.51. The lowest BCUT2D eigenvalue weighted by Gasteiger charge is -2.15. The molecule has 2 aromatic carbocycles. The minimum Gasteiger partial charge on any atom is -0.420 e. The number of halogens is 4. The Labute approximate surface area is 130 Å². The van der Waals surface area contributed by atoms with Gasteiger partial charge in [0.1, 0.15) is 0 Å². The summed E-state index contributed by atoms with van der Waals surface area (Å²) in [6.45, 7) is 3.50. The molecule has 0 spiro atoms. The van der Waals surface area contributed by atoms with Gasteiger partial charge in [0.25, 0.3) is 0 Å². The number of hydrogen-bond donors (Lipinski definition) is 0. The van der Waals surface area contributed by atoms with E-state index in [1.807, 2.05) is 0 Å². The molecule has 0 aliphatic rings. The summed E-state index contributed by atoms with van der Waals surface area (Å²) in [6, 6.07) is 8.34. The molecule has 2 aromatic rings. The quantitative estimate of drug-likeness (QED) is 0.266. The van der Waals surface area contributed by atoms with Gasteiger partial charge in [0.05, 0.1) is 5.92 Å². The third-order valence-electron chi connectivity index (χ3n) is 3.16. The third-order valence-corrected chi connectivity index (χ3v) is 3.16. The summed E-state index contributed by atoms with van der Waals surface area (Å²) < 4.78 is 58.0. The molecule has 0 amide bonds. The van der Waals surface area contributed by atoms with Gasteiger partial charge in [-0.05, 0) is 12.0 Å². The maximum absolute atomic E-state index is 13.6. The van der Waals surface area contributed by atoms with Crippen molar-refractivity contribution in [3.05, 3.63) is 77.9 Å². The van der Waals surface area contributed by atoms with Gasteiger partial charge < -0.3 is 4.74 Å². The molecule has 2 nitrogen and oxygen atoms in total. The number of esters is 1. The van der Waals surface area contributed by atoms with Crippen LogP contribution in [0, 0.1) is 23.3 Å². The molecule has 0 radical (unpaired) electrons. The zero-order valence-corrected chi connectivity index (χ0v) is 11.9. The highest BCUT2D eigenvalue weighted by Gasteiger charge is 2.27. The van der Waals surface area contributed by atoms with E-state index in [0.717, 1.165) is 0 Å². The van der Waals surface area contributed by atoms with Crippen LogP contribution in [0.1, 0.15) is 17.9 Å². The van der Waals surface area contributed by atoms with Crippen LogP contribution in [0.3, 0.4) is 0 Å². The number of benzene rings is 2. The molecule has 0 unspecified atom stereocenters. The maximum Gasteiger partial charge on any atom is 0.319 e. The largest absolute Gasteiger partial charge is 0.420 e. The molecule has 0 heterocycles. The Balaban J connectivity index is 2.35. The fourth-order valence-corrected chi connectivity index (χ4v) is 2.03. The summed E-state index contributed by atoms with van der Waals surface area (Å²) >= 11 is 0. The van der Waals surface area contributed by atoms with Crippen molar-refractivity contribution in [1.82, 2.24) is 0 Å². The molecule has 0 aromatic heterocycles. The van der Waals surface area contributed by atoms with Crippen LogP contribution < -0.4 is 4.74 Å². The van der Waals surface area contributed by atoms with Gasteiger partial charge in [0.2, 0.25) is 17.4 Å². The fraction of sp³-hybridized carbons (Fsp3) is 0.118. The van der Waals surface area contributed by atoms with E-state index in [0.29, 0.717) is 5.56 Å². The first-order valence-corrected chi connectivity index (χ1v) is 6.66. The van der Waals surface area contributed by atoms with E-state index in [2.05, 4.69) is 11.3 Å². The van der Waals surface area contributed by atoms with E-state index in [9.17, 15) is 22.4 Å². The van der Waals surface area contributed by atoms with Crippen molar-refractivity contribution < 1.29 is 27.1 Å². The summed E-state index contributed by atoms with van der Waals surface area (Å²) in [5, 5.41) is 0. The number of ether oxygens (including phenoxy) is 1. The number of rotatable bonds is 5. The van der Waals surface area contributed by atoms with E-state index in [4.69, 9.17) is 0 Å². The van der Waals surface area contributed by atoms with Gasteiger partial charge in [-0.2, -0.15) is 8.78 Å². The maximum atomic E-state index is 13.6. The highest BCUT2D eigenvalue weighted by molar-refractivity contribution is 5.80. The van der Waals surface area contributed by atoms with Gasteiger partial charge in [0.15, 0.2) is 11.6 Å². The van der Waals surface area contributed by atoms with Crippen LogP contribution in [-0.2, 0) is 4.79 Å². The Kier molecular flexibility index (Phi) is 5.16. The van der Waals surface area contributed by atoms with Crippen molar-refractivity contribution in [1.29, 1.82) is 0 Å². The molecular formula is C17H12F4O2. The van der Waals surface area contributed by atoms with Crippen LogP contribution in [0.25, 0.3) is 0 Å². The van der Waals surface area contributed by atoms with Crippen molar-refractivity contribution in [3.8, 4) is 5.75 Å². The van der Waals surface area contributed by atoms with E-state index in [1.165, 1.54) is 6.08 Å². The van der Waals surface area contributed by atoms with Gasteiger partial charge in [-0.3, -0.25) is 4.79 Å². The summed E-state index contributed by atoms with van der Waals surface area (Å²) in [5.41, 5.74) is 0.523. The normalized spacial score (nSPS) is 11.8. The first-order valence-electron chi connectivity index (χ1n) is 6.66. The molecule has 2 rings (SSSR count). The Morgan fingerprint density at radius 1 is 1.09 bits per heavy atom. The van der Waals surface area contributed by atoms with Crippen LogP contribution >= 0.6 is 0 Å². The van der Waals surface area contributed by atoms with Gasteiger partial charge >= 0.3 is 5.97 Å². The average Bonchev–Trinajstić information content (AvgIpc) is 2.55. The zero-order chi connectivity index (χ0) is 17.0. The summed E-state index contributed by atoms with van der Waals surface area (Å²) in [5.74, 6) is -10.2. The number of carbonyl (C=O) groups is 1. The van der Waals surface area contributed by atoms with E-state index in [1.54, 1.807) is 30.3 Å². The zero-order valence-electron chi connectivity index (χ0n) is 11.9. The second kappa shape index (κ2) is 7.09. The summed E-state index contributed by atoms with van der Waals surface area (Å²) in [4.78, 5) is 12.2. The van der Waals surface area contributed by atoms with Crippen molar-refractivity contribution in [2.75, 3.05) is 0 Å². The number of hydrogen-bond acceptors (Lipinski definition) is 2. The molecule has 0 N–H and O–H groups in total. The van der Waals surface area contributed by atoms with Crippen LogP contribution in [-0.4, -0.2) is 5.97 Å². The number of carbonyl (C=O) groups excluding carboxylic acids is 1. The fourth-order valence-electron chi connectivity index (χ4n) is 2.03. The van der Waals surface area contributed by atoms with Crippen molar-refractivity contribution in [2.24, 2.45) is 0 Å². The van der Waals surface area contributed by atoms with Gasteiger partial charge in [-0.15, -0.1) is 6.58 Å². The molecule has 0 saturated heterocycles. The van der Waals surface area contributed by atoms with Crippen molar-refractivity contribution in [2.45, 2.75) is 12.3 Å². The minimum absolute atomic E-state index is 0.0421. The predicted molar refractivity (Wildman–Crippen MR) is 75.9 cm³/mol. The van der Waals surface area contributed by atoms with Gasteiger partial charge in [0, 0.05) is 6.07 Å². The second-order valence-electron chi connectivity index (χ2n) is 4.71. The minimum atomic E-state index is -1.76. The van der Waals surface area contributed by atoms with Crippen LogP contribution in [0.15, 0.2) is 49.1 Å². The molecule has 0 aliphatic carbocycles. The Hall–Kier alpha value is -2.63. The lowest BCUT2D eigenvalue weighted by Crippen LogP contribution is -2.20. The molecule has 0 aliphatic heterocycles. The Bertz CT molecular complexity index is 703.